The summed E-state index contributed by atoms with van der Waals surface area (Å²) in [4.78, 5) is 17.1. The maximum absolute atomic E-state index is 12.7. The summed E-state index contributed by atoms with van der Waals surface area (Å²) in [5, 5.41) is 4.02. The van der Waals surface area contributed by atoms with Crippen LogP contribution in [0.3, 0.4) is 0 Å². The molecular formula is C21H30ClN3O2. The van der Waals surface area contributed by atoms with Gasteiger partial charge in [-0.2, -0.15) is 0 Å². The molecule has 0 bridgehead atoms. The van der Waals surface area contributed by atoms with Gasteiger partial charge in [0.25, 0.3) is 0 Å². The lowest BCUT2D eigenvalue weighted by atomic mass is 10.1. The first-order valence-corrected chi connectivity index (χ1v) is 10.7. The predicted octanol–water partition coefficient (Wildman–Crippen LogP) is 3.61. The van der Waals surface area contributed by atoms with Crippen LogP contribution in [0.15, 0.2) is 18.2 Å². The molecule has 0 aromatic heterocycles. The third-order valence-corrected chi connectivity index (χ3v) is 6.55. The second kappa shape index (κ2) is 8.80. The highest BCUT2D eigenvalue weighted by molar-refractivity contribution is 6.31. The van der Waals surface area contributed by atoms with E-state index >= 15 is 0 Å². The van der Waals surface area contributed by atoms with Crippen molar-refractivity contribution in [2.24, 2.45) is 0 Å². The lowest BCUT2D eigenvalue weighted by Gasteiger charge is -2.33. The molecule has 0 radical (unpaired) electrons. The number of rotatable bonds is 5. The van der Waals surface area contributed by atoms with Gasteiger partial charge >= 0.3 is 6.03 Å². The van der Waals surface area contributed by atoms with E-state index in [4.69, 9.17) is 16.3 Å². The summed E-state index contributed by atoms with van der Waals surface area (Å²) < 4.78 is 6.05. The van der Waals surface area contributed by atoms with Crippen molar-refractivity contribution in [2.45, 2.75) is 50.7 Å². The predicted molar refractivity (Wildman–Crippen MR) is 107 cm³/mol. The largest absolute Gasteiger partial charge is 0.377 e. The average molecular weight is 392 g/mol. The maximum Gasteiger partial charge on any atom is 0.317 e. The number of nitrogens with one attached hydrogen (secondary N) is 1. The molecule has 2 saturated heterocycles. The number of benzene rings is 1. The summed E-state index contributed by atoms with van der Waals surface area (Å²) in [6, 6.07) is 6.11. The molecule has 4 rings (SSSR count). The molecule has 1 atom stereocenters. The van der Waals surface area contributed by atoms with Gasteiger partial charge in [0, 0.05) is 24.7 Å². The minimum absolute atomic E-state index is 0.0448. The van der Waals surface area contributed by atoms with Crippen LogP contribution in [0, 0.1) is 0 Å². The summed E-state index contributed by atoms with van der Waals surface area (Å²) >= 11 is 6.28. The first-order chi connectivity index (χ1) is 13.2. The summed E-state index contributed by atoms with van der Waals surface area (Å²) in [5.41, 5.74) is 2.37. The van der Waals surface area contributed by atoms with Crippen molar-refractivity contribution in [1.29, 1.82) is 0 Å². The molecule has 1 aromatic carbocycles. The molecule has 2 fully saturated rings. The molecular weight excluding hydrogens is 362 g/mol. The Kier molecular flexibility index (Phi) is 6.21. The fourth-order valence-corrected chi connectivity index (χ4v) is 4.86. The number of nitrogens with zero attached hydrogens (tertiary/aromatic N) is 2. The van der Waals surface area contributed by atoms with Crippen LogP contribution in [0.25, 0.3) is 0 Å². The van der Waals surface area contributed by atoms with E-state index in [1.807, 2.05) is 17.0 Å². The third-order valence-electron chi connectivity index (χ3n) is 6.20. The minimum atomic E-state index is 0.0448. The normalized spacial score (nSPS) is 23.6. The smallest absolute Gasteiger partial charge is 0.317 e. The first kappa shape index (κ1) is 19.0. The zero-order chi connectivity index (χ0) is 18.6. The van der Waals surface area contributed by atoms with E-state index < -0.39 is 0 Å². The molecule has 6 heteroatoms. The lowest BCUT2D eigenvalue weighted by Crippen LogP contribution is -2.46. The van der Waals surface area contributed by atoms with Gasteiger partial charge in [-0.15, -0.1) is 0 Å². The van der Waals surface area contributed by atoms with E-state index in [0.29, 0.717) is 6.10 Å². The number of carbonyl (C=O) groups excluding carboxylic acids is 1. The Morgan fingerprint density at radius 1 is 1.15 bits per heavy atom. The highest BCUT2D eigenvalue weighted by Crippen LogP contribution is 2.35. The lowest BCUT2D eigenvalue weighted by molar-refractivity contribution is 0.00678. The van der Waals surface area contributed by atoms with Crippen LogP contribution in [0.2, 0.25) is 5.02 Å². The van der Waals surface area contributed by atoms with Crippen LogP contribution >= 0.6 is 11.6 Å². The molecule has 1 N–H and O–H groups in total. The zero-order valence-corrected chi connectivity index (χ0v) is 16.7. The van der Waals surface area contributed by atoms with Gasteiger partial charge in [-0.3, -0.25) is 0 Å². The standard InChI is InChI=1S/C21H30ClN3O2/c22-19-5-3-4-18-17(19)6-7-20(18)23-21(26)25-12-8-16(9-13-25)27-15-14-24-10-1-2-11-24/h3-5,16,20H,1-2,6-15H2,(H,23,26). The fourth-order valence-electron chi connectivity index (χ4n) is 4.58. The van der Waals surface area contributed by atoms with Gasteiger partial charge in [0.15, 0.2) is 0 Å². The SMILES string of the molecule is O=C(NC1CCc2c(Cl)cccc21)N1CCC(OCCN2CCCC2)CC1. The van der Waals surface area contributed by atoms with Gasteiger partial charge in [0.1, 0.15) is 0 Å². The number of hydrogen-bond donors (Lipinski definition) is 1. The number of piperidine rings is 1. The number of likely N-dealkylation sites (tertiary alicyclic amines) is 2. The van der Waals surface area contributed by atoms with Gasteiger partial charge in [-0.25, -0.2) is 4.79 Å². The molecule has 27 heavy (non-hydrogen) atoms. The molecule has 0 spiro atoms. The Morgan fingerprint density at radius 2 is 1.93 bits per heavy atom. The Balaban J connectivity index is 1.20. The number of fused-ring (bicyclic) bond motifs is 1. The summed E-state index contributed by atoms with van der Waals surface area (Å²) in [7, 11) is 0. The molecule has 1 aliphatic carbocycles. The van der Waals surface area contributed by atoms with Crippen LogP contribution in [0.1, 0.15) is 49.3 Å². The summed E-state index contributed by atoms with van der Waals surface area (Å²) in [6.07, 6.45) is 6.67. The fraction of sp³-hybridized carbons (Fsp3) is 0.667. The van der Waals surface area contributed by atoms with Gasteiger partial charge in [-0.1, -0.05) is 23.7 Å². The second-order valence-electron chi connectivity index (χ2n) is 7.95. The number of carbonyl (C=O) groups is 1. The van der Waals surface area contributed by atoms with Crippen molar-refractivity contribution in [1.82, 2.24) is 15.1 Å². The van der Waals surface area contributed by atoms with E-state index in [9.17, 15) is 4.79 Å². The van der Waals surface area contributed by atoms with E-state index in [-0.39, 0.29) is 12.1 Å². The number of hydrogen-bond acceptors (Lipinski definition) is 3. The summed E-state index contributed by atoms with van der Waals surface area (Å²) in [5.74, 6) is 0. The zero-order valence-electron chi connectivity index (χ0n) is 16.0. The quantitative estimate of drug-likeness (QED) is 0.833. The molecule has 1 aromatic rings. The van der Waals surface area contributed by atoms with E-state index in [0.717, 1.165) is 56.9 Å². The van der Waals surface area contributed by atoms with Gasteiger partial charge < -0.3 is 19.9 Å². The number of ether oxygens (including phenoxy) is 1. The minimum Gasteiger partial charge on any atom is -0.377 e. The molecule has 5 nitrogen and oxygen atoms in total. The number of urea groups is 1. The average Bonchev–Trinajstić information content (AvgIpc) is 3.33. The number of halogens is 1. The van der Waals surface area contributed by atoms with Crippen molar-refractivity contribution < 1.29 is 9.53 Å². The second-order valence-corrected chi connectivity index (χ2v) is 8.36. The monoisotopic (exact) mass is 391 g/mol. The van der Waals surface area contributed by atoms with Crippen LogP contribution in [0.4, 0.5) is 4.79 Å². The van der Waals surface area contributed by atoms with E-state index in [1.54, 1.807) is 0 Å². The van der Waals surface area contributed by atoms with Crippen molar-refractivity contribution in [2.75, 3.05) is 39.3 Å². The van der Waals surface area contributed by atoms with Crippen molar-refractivity contribution in [3.05, 3.63) is 34.3 Å². The van der Waals surface area contributed by atoms with E-state index in [2.05, 4.69) is 16.3 Å². The van der Waals surface area contributed by atoms with Crippen molar-refractivity contribution >= 4 is 17.6 Å². The topological polar surface area (TPSA) is 44.8 Å². The maximum atomic E-state index is 12.7. The molecule has 148 valence electrons. The molecule has 2 aliphatic heterocycles. The van der Waals surface area contributed by atoms with Crippen LogP contribution < -0.4 is 5.32 Å². The highest BCUT2D eigenvalue weighted by atomic mass is 35.5. The summed E-state index contributed by atoms with van der Waals surface area (Å²) in [6.45, 7) is 5.85. The third kappa shape index (κ3) is 4.58. The number of amides is 2. The molecule has 2 amide bonds. The Labute approximate surface area is 167 Å². The van der Waals surface area contributed by atoms with Crippen LogP contribution in [-0.4, -0.2) is 61.3 Å². The Hall–Kier alpha value is -1.30. The van der Waals surface area contributed by atoms with Crippen LogP contribution in [-0.2, 0) is 11.2 Å². The van der Waals surface area contributed by atoms with Gasteiger partial charge in [0.2, 0.25) is 0 Å². The Morgan fingerprint density at radius 3 is 2.70 bits per heavy atom. The Bertz CT molecular complexity index is 655. The van der Waals surface area contributed by atoms with Crippen molar-refractivity contribution in [3.8, 4) is 0 Å². The van der Waals surface area contributed by atoms with E-state index in [1.165, 1.54) is 37.1 Å². The highest BCUT2D eigenvalue weighted by Gasteiger charge is 2.29. The van der Waals surface area contributed by atoms with Crippen LogP contribution in [0.5, 0.6) is 0 Å². The molecule has 1 unspecified atom stereocenters. The van der Waals surface area contributed by atoms with Gasteiger partial charge in [-0.05, 0) is 68.8 Å². The molecule has 0 saturated carbocycles. The molecule has 3 aliphatic rings. The van der Waals surface area contributed by atoms with Crippen molar-refractivity contribution in [3.63, 3.8) is 0 Å². The van der Waals surface area contributed by atoms with Gasteiger partial charge in [0.05, 0.1) is 18.8 Å². The molecule has 2 heterocycles. The first-order valence-electron chi connectivity index (χ1n) is 10.4.